The molecule has 0 amide bonds. The standard InChI is InChI=1S/C22H32N2O6/c1-21(2)23(11-15-29-21)9-13-27-19(25)17-5-7-18(8-6-17)20(26)28-14-10-24-12-16-30-22(24,3)4/h5-8H,9-16H2,1-4H3. The molecule has 0 aliphatic carbocycles. The molecule has 2 heterocycles. The molecule has 1 aromatic carbocycles. The lowest BCUT2D eigenvalue weighted by Gasteiger charge is -2.29. The summed E-state index contributed by atoms with van der Waals surface area (Å²) in [5.74, 6) is -0.826. The van der Waals surface area contributed by atoms with E-state index in [9.17, 15) is 9.59 Å². The van der Waals surface area contributed by atoms with Gasteiger partial charge in [-0.25, -0.2) is 9.59 Å². The second kappa shape index (κ2) is 9.43. The highest BCUT2D eigenvalue weighted by atomic mass is 16.5. The molecule has 2 fully saturated rings. The van der Waals surface area contributed by atoms with Crippen molar-refractivity contribution in [3.63, 3.8) is 0 Å². The largest absolute Gasteiger partial charge is 0.461 e. The molecule has 0 saturated carbocycles. The molecule has 0 unspecified atom stereocenters. The molecule has 1 aromatic rings. The molecule has 2 saturated heterocycles. The van der Waals surface area contributed by atoms with Crippen molar-refractivity contribution >= 4 is 11.9 Å². The van der Waals surface area contributed by atoms with Crippen LogP contribution >= 0.6 is 0 Å². The molecular formula is C22H32N2O6. The van der Waals surface area contributed by atoms with Crippen LogP contribution in [0, 0.1) is 0 Å². The Hall–Kier alpha value is -2.00. The van der Waals surface area contributed by atoms with Gasteiger partial charge in [0.25, 0.3) is 0 Å². The van der Waals surface area contributed by atoms with E-state index in [0.717, 1.165) is 13.1 Å². The Labute approximate surface area is 178 Å². The van der Waals surface area contributed by atoms with Crippen molar-refractivity contribution < 1.29 is 28.5 Å². The van der Waals surface area contributed by atoms with Gasteiger partial charge in [-0.05, 0) is 52.0 Å². The maximum absolute atomic E-state index is 12.2. The van der Waals surface area contributed by atoms with E-state index in [1.54, 1.807) is 24.3 Å². The van der Waals surface area contributed by atoms with Crippen molar-refractivity contribution in [3.05, 3.63) is 35.4 Å². The van der Waals surface area contributed by atoms with Crippen molar-refractivity contribution in [2.45, 2.75) is 39.1 Å². The van der Waals surface area contributed by atoms with Crippen LogP contribution in [-0.2, 0) is 18.9 Å². The number of benzene rings is 1. The Morgan fingerprint density at radius 2 is 1.17 bits per heavy atom. The molecule has 2 aliphatic rings. The second-order valence-electron chi connectivity index (χ2n) is 8.41. The minimum absolute atomic E-state index is 0.284. The van der Waals surface area contributed by atoms with Gasteiger partial charge >= 0.3 is 11.9 Å². The molecule has 0 bridgehead atoms. The molecule has 166 valence electrons. The first-order valence-electron chi connectivity index (χ1n) is 10.4. The van der Waals surface area contributed by atoms with E-state index in [1.165, 1.54) is 0 Å². The molecule has 0 aromatic heterocycles. The van der Waals surface area contributed by atoms with Crippen LogP contribution in [-0.4, -0.2) is 85.8 Å². The van der Waals surface area contributed by atoms with Crippen LogP contribution in [0.1, 0.15) is 48.4 Å². The van der Waals surface area contributed by atoms with Crippen LogP contribution in [0.15, 0.2) is 24.3 Å². The van der Waals surface area contributed by atoms with Gasteiger partial charge in [-0.1, -0.05) is 0 Å². The Morgan fingerprint density at radius 3 is 1.47 bits per heavy atom. The minimum Gasteiger partial charge on any atom is -0.461 e. The van der Waals surface area contributed by atoms with Gasteiger partial charge in [0.1, 0.15) is 24.7 Å². The SMILES string of the molecule is CC1(C)OCCN1CCOC(=O)c1ccc(C(=O)OCCN2CCOC2(C)C)cc1. The second-order valence-corrected chi connectivity index (χ2v) is 8.41. The van der Waals surface area contributed by atoms with E-state index in [2.05, 4.69) is 9.80 Å². The third kappa shape index (κ3) is 5.57. The molecule has 8 heteroatoms. The van der Waals surface area contributed by atoms with Gasteiger partial charge in [-0.3, -0.25) is 9.80 Å². The quantitative estimate of drug-likeness (QED) is 0.592. The molecule has 8 nitrogen and oxygen atoms in total. The summed E-state index contributed by atoms with van der Waals surface area (Å²) in [6, 6.07) is 6.33. The molecule has 3 rings (SSSR count). The molecule has 0 N–H and O–H groups in total. The van der Waals surface area contributed by atoms with Crippen molar-refractivity contribution in [2.24, 2.45) is 0 Å². The van der Waals surface area contributed by atoms with E-state index in [-0.39, 0.29) is 24.7 Å². The van der Waals surface area contributed by atoms with Gasteiger partial charge in [-0.2, -0.15) is 0 Å². The van der Waals surface area contributed by atoms with Crippen molar-refractivity contribution in [1.82, 2.24) is 9.80 Å². The zero-order chi connectivity index (χ0) is 21.8. The summed E-state index contributed by atoms with van der Waals surface area (Å²) in [4.78, 5) is 28.7. The highest BCUT2D eigenvalue weighted by molar-refractivity contribution is 5.93. The number of carbonyl (C=O) groups is 2. The summed E-state index contributed by atoms with van der Waals surface area (Å²) in [5.41, 5.74) is 0.150. The first-order valence-corrected chi connectivity index (χ1v) is 10.4. The molecule has 30 heavy (non-hydrogen) atoms. The zero-order valence-corrected chi connectivity index (χ0v) is 18.3. The smallest absolute Gasteiger partial charge is 0.338 e. The lowest BCUT2D eigenvalue weighted by atomic mass is 10.1. The van der Waals surface area contributed by atoms with E-state index < -0.39 is 11.9 Å². The monoisotopic (exact) mass is 420 g/mol. The predicted molar refractivity (Wildman–Crippen MR) is 110 cm³/mol. The number of nitrogens with zero attached hydrogens (tertiary/aromatic N) is 2. The number of carbonyl (C=O) groups excluding carboxylic acids is 2. The van der Waals surface area contributed by atoms with E-state index in [4.69, 9.17) is 18.9 Å². The fraction of sp³-hybridized carbons (Fsp3) is 0.636. The minimum atomic E-state index is -0.413. The number of hydrogen-bond acceptors (Lipinski definition) is 8. The molecule has 0 radical (unpaired) electrons. The Balaban J connectivity index is 1.41. The van der Waals surface area contributed by atoms with Gasteiger partial charge in [0.15, 0.2) is 0 Å². The summed E-state index contributed by atoms with van der Waals surface area (Å²) >= 11 is 0. The summed E-state index contributed by atoms with van der Waals surface area (Å²) in [6.07, 6.45) is 0. The normalized spacial score (nSPS) is 20.9. The Bertz CT molecular complexity index is 683. The highest BCUT2D eigenvalue weighted by Gasteiger charge is 2.33. The Kier molecular flexibility index (Phi) is 7.13. The van der Waals surface area contributed by atoms with E-state index in [1.807, 2.05) is 27.7 Å². The van der Waals surface area contributed by atoms with Crippen LogP contribution in [0.3, 0.4) is 0 Å². The third-order valence-corrected chi connectivity index (χ3v) is 5.70. The van der Waals surface area contributed by atoms with Crippen LogP contribution < -0.4 is 0 Å². The van der Waals surface area contributed by atoms with Gasteiger partial charge in [0.2, 0.25) is 0 Å². The summed E-state index contributed by atoms with van der Waals surface area (Å²) in [6.45, 7) is 12.8. The molecular weight excluding hydrogens is 388 g/mol. The van der Waals surface area contributed by atoms with Gasteiger partial charge in [0.05, 0.1) is 24.3 Å². The maximum atomic E-state index is 12.2. The lowest BCUT2D eigenvalue weighted by Crippen LogP contribution is -2.41. The fourth-order valence-corrected chi connectivity index (χ4v) is 3.70. The fourth-order valence-electron chi connectivity index (χ4n) is 3.70. The summed E-state index contributed by atoms with van der Waals surface area (Å²) in [7, 11) is 0. The van der Waals surface area contributed by atoms with E-state index >= 15 is 0 Å². The lowest BCUT2D eigenvalue weighted by molar-refractivity contribution is -0.0559. The number of esters is 2. The third-order valence-electron chi connectivity index (χ3n) is 5.70. The highest BCUT2D eigenvalue weighted by Crippen LogP contribution is 2.22. The first-order chi connectivity index (χ1) is 14.2. The van der Waals surface area contributed by atoms with Crippen molar-refractivity contribution in [3.8, 4) is 0 Å². The van der Waals surface area contributed by atoms with Crippen LogP contribution in [0.5, 0.6) is 0 Å². The maximum Gasteiger partial charge on any atom is 0.338 e. The average molecular weight is 421 g/mol. The van der Waals surface area contributed by atoms with Crippen LogP contribution in [0.2, 0.25) is 0 Å². The number of ether oxygens (including phenoxy) is 4. The van der Waals surface area contributed by atoms with Crippen LogP contribution in [0.25, 0.3) is 0 Å². The van der Waals surface area contributed by atoms with E-state index in [0.29, 0.717) is 37.4 Å². The van der Waals surface area contributed by atoms with Crippen LogP contribution in [0.4, 0.5) is 0 Å². The first kappa shape index (κ1) is 22.7. The molecule has 2 aliphatic heterocycles. The zero-order valence-electron chi connectivity index (χ0n) is 18.3. The summed E-state index contributed by atoms with van der Waals surface area (Å²) < 4.78 is 22.0. The molecule has 0 spiro atoms. The van der Waals surface area contributed by atoms with Gasteiger partial charge < -0.3 is 18.9 Å². The van der Waals surface area contributed by atoms with Gasteiger partial charge in [0, 0.05) is 26.2 Å². The molecule has 0 atom stereocenters. The van der Waals surface area contributed by atoms with Crippen molar-refractivity contribution in [2.75, 3.05) is 52.6 Å². The Morgan fingerprint density at radius 1 is 0.800 bits per heavy atom. The number of hydrogen-bond donors (Lipinski definition) is 0. The average Bonchev–Trinajstić information content (AvgIpc) is 3.22. The topological polar surface area (TPSA) is 77.5 Å². The van der Waals surface area contributed by atoms with Crippen molar-refractivity contribution in [1.29, 1.82) is 0 Å². The predicted octanol–water partition coefficient (Wildman–Crippen LogP) is 2.14. The summed E-state index contributed by atoms with van der Waals surface area (Å²) in [5, 5.41) is 0. The van der Waals surface area contributed by atoms with Gasteiger partial charge in [-0.15, -0.1) is 0 Å². The number of rotatable bonds is 8.